The molecule has 0 aromatic carbocycles. The summed E-state index contributed by atoms with van der Waals surface area (Å²) in [6, 6.07) is -0.405. The van der Waals surface area contributed by atoms with Crippen molar-refractivity contribution in [1.82, 2.24) is 4.90 Å². The number of aliphatic hydroxyl groups is 1. The maximum Gasteiger partial charge on any atom is 0.320 e. The van der Waals surface area contributed by atoms with Crippen molar-refractivity contribution < 1.29 is 15.0 Å². The van der Waals surface area contributed by atoms with Crippen LogP contribution in [0.2, 0.25) is 0 Å². The lowest BCUT2D eigenvalue weighted by molar-refractivity contribution is -0.153. The molecule has 0 aromatic rings. The molecule has 13 heavy (non-hydrogen) atoms. The zero-order chi connectivity index (χ0) is 9.59. The zero-order valence-electron chi connectivity index (χ0n) is 7.68. The van der Waals surface area contributed by atoms with E-state index in [9.17, 15) is 9.90 Å². The van der Waals surface area contributed by atoms with E-state index in [1.807, 2.05) is 4.90 Å². The van der Waals surface area contributed by atoms with Gasteiger partial charge in [0.2, 0.25) is 0 Å². The van der Waals surface area contributed by atoms with Crippen molar-refractivity contribution >= 4 is 5.97 Å². The second-order valence-electron chi connectivity index (χ2n) is 4.21. The Hall–Kier alpha value is -0.610. The van der Waals surface area contributed by atoms with Gasteiger partial charge in [-0.2, -0.15) is 0 Å². The molecule has 4 atom stereocenters. The highest BCUT2D eigenvalue weighted by Gasteiger charge is 2.47. The van der Waals surface area contributed by atoms with Gasteiger partial charge < -0.3 is 10.2 Å². The third kappa shape index (κ3) is 1.34. The smallest absolute Gasteiger partial charge is 0.320 e. The Morgan fingerprint density at radius 2 is 2.00 bits per heavy atom. The monoisotopic (exact) mass is 185 g/mol. The molecular formula is C9H15NO3. The molecule has 3 rings (SSSR count). The van der Waals surface area contributed by atoms with E-state index in [0.29, 0.717) is 11.8 Å². The first-order chi connectivity index (χ1) is 6.09. The second-order valence-corrected chi connectivity index (χ2v) is 4.21. The minimum absolute atomic E-state index is 0.169. The lowest BCUT2D eigenvalue weighted by atomic mass is 9.68. The summed E-state index contributed by atoms with van der Waals surface area (Å²) in [7, 11) is 0. The van der Waals surface area contributed by atoms with E-state index in [1.165, 1.54) is 0 Å². The van der Waals surface area contributed by atoms with E-state index in [0.717, 1.165) is 19.5 Å². The third-order valence-electron chi connectivity index (χ3n) is 3.41. The van der Waals surface area contributed by atoms with Crippen LogP contribution >= 0.6 is 0 Å². The first-order valence-corrected chi connectivity index (χ1v) is 4.74. The minimum Gasteiger partial charge on any atom is -0.480 e. The van der Waals surface area contributed by atoms with Crippen LogP contribution in [0.3, 0.4) is 0 Å². The molecule has 2 saturated heterocycles. The summed E-state index contributed by atoms with van der Waals surface area (Å²) >= 11 is 0. The molecule has 2 bridgehead atoms. The van der Waals surface area contributed by atoms with Gasteiger partial charge in [0.15, 0.2) is 0 Å². The number of hydrogen-bond donors (Lipinski definition) is 2. The number of carbonyl (C=O) groups is 1. The van der Waals surface area contributed by atoms with Crippen molar-refractivity contribution in [2.45, 2.75) is 25.5 Å². The molecule has 2 heterocycles. The predicted octanol–water partition coefficient (Wildman–Crippen LogP) is -0.228. The Labute approximate surface area is 77.2 Å². The molecule has 1 saturated carbocycles. The molecule has 1 unspecified atom stereocenters. The Bertz CT molecular complexity index is 219. The number of carboxylic acids is 1. The van der Waals surface area contributed by atoms with Crippen LogP contribution in [0, 0.1) is 11.8 Å². The Balaban J connectivity index is 1.95. The van der Waals surface area contributed by atoms with Gasteiger partial charge in [0, 0.05) is 13.1 Å². The maximum absolute atomic E-state index is 10.7. The average molecular weight is 185 g/mol. The molecule has 4 heteroatoms. The topological polar surface area (TPSA) is 60.8 Å². The maximum atomic E-state index is 10.7. The first kappa shape index (κ1) is 8.97. The summed E-state index contributed by atoms with van der Waals surface area (Å²) in [5.41, 5.74) is 0. The van der Waals surface area contributed by atoms with Gasteiger partial charge in [0.1, 0.15) is 6.04 Å². The van der Waals surface area contributed by atoms with Crippen LogP contribution in [0.4, 0.5) is 0 Å². The van der Waals surface area contributed by atoms with Crippen molar-refractivity contribution in [2.75, 3.05) is 13.1 Å². The van der Waals surface area contributed by atoms with Gasteiger partial charge in [-0.15, -0.1) is 0 Å². The highest BCUT2D eigenvalue weighted by molar-refractivity contribution is 5.72. The molecule has 0 radical (unpaired) electrons. The number of fused-ring (bicyclic) bond motifs is 2. The fraction of sp³-hybridized carbons (Fsp3) is 0.889. The van der Waals surface area contributed by atoms with Crippen molar-refractivity contribution in [2.24, 2.45) is 11.8 Å². The van der Waals surface area contributed by atoms with Crippen LogP contribution in [0.25, 0.3) is 0 Å². The predicted molar refractivity (Wildman–Crippen MR) is 46.3 cm³/mol. The normalized spacial score (nSPS) is 40.9. The van der Waals surface area contributed by atoms with Crippen LogP contribution < -0.4 is 0 Å². The van der Waals surface area contributed by atoms with Crippen LogP contribution in [0.1, 0.15) is 13.3 Å². The van der Waals surface area contributed by atoms with E-state index in [2.05, 4.69) is 0 Å². The summed E-state index contributed by atoms with van der Waals surface area (Å²) in [6.07, 6.45) is 0.904. The van der Waals surface area contributed by atoms with E-state index < -0.39 is 12.0 Å². The number of carboxylic acid groups (broad SMARTS) is 1. The molecule has 0 amide bonds. The number of aliphatic hydroxyl groups excluding tert-OH is 1. The van der Waals surface area contributed by atoms with Crippen LogP contribution in [0.5, 0.6) is 0 Å². The van der Waals surface area contributed by atoms with E-state index in [1.54, 1.807) is 6.92 Å². The summed E-state index contributed by atoms with van der Waals surface area (Å²) in [5, 5.41) is 18.3. The summed E-state index contributed by atoms with van der Waals surface area (Å²) in [4.78, 5) is 12.6. The van der Waals surface area contributed by atoms with Gasteiger partial charge in [0.25, 0.3) is 0 Å². The summed E-state index contributed by atoms with van der Waals surface area (Å²) < 4.78 is 0. The average Bonchev–Trinajstić information content (AvgIpc) is 2.15. The van der Waals surface area contributed by atoms with Crippen molar-refractivity contribution in [3.63, 3.8) is 0 Å². The van der Waals surface area contributed by atoms with Gasteiger partial charge >= 0.3 is 5.97 Å². The quantitative estimate of drug-likeness (QED) is 0.624. The van der Waals surface area contributed by atoms with Crippen molar-refractivity contribution in [3.05, 3.63) is 0 Å². The van der Waals surface area contributed by atoms with Crippen molar-refractivity contribution in [1.29, 1.82) is 0 Å². The number of piperidine rings is 2. The summed E-state index contributed by atoms with van der Waals surface area (Å²) in [6.45, 7) is 3.19. The van der Waals surface area contributed by atoms with Crippen LogP contribution in [0.15, 0.2) is 0 Å². The van der Waals surface area contributed by atoms with Crippen molar-refractivity contribution in [3.8, 4) is 0 Å². The lowest BCUT2D eigenvalue weighted by Crippen LogP contribution is -2.61. The molecule has 4 nitrogen and oxygen atoms in total. The highest BCUT2D eigenvalue weighted by atomic mass is 16.4. The number of aliphatic carboxylic acids is 1. The lowest BCUT2D eigenvalue weighted by Gasteiger charge is -2.52. The molecular weight excluding hydrogens is 170 g/mol. The molecule has 74 valence electrons. The minimum atomic E-state index is -0.768. The van der Waals surface area contributed by atoms with E-state index in [4.69, 9.17) is 5.11 Å². The Morgan fingerprint density at radius 1 is 1.46 bits per heavy atom. The molecule has 3 aliphatic rings. The fourth-order valence-electron chi connectivity index (χ4n) is 2.37. The molecule has 2 N–H and O–H groups in total. The van der Waals surface area contributed by atoms with Crippen LogP contribution in [-0.2, 0) is 4.79 Å². The Morgan fingerprint density at radius 3 is 2.38 bits per heavy atom. The zero-order valence-corrected chi connectivity index (χ0v) is 7.68. The number of hydrogen-bond acceptors (Lipinski definition) is 3. The van der Waals surface area contributed by atoms with E-state index in [-0.39, 0.29) is 6.10 Å². The molecule has 3 fully saturated rings. The van der Waals surface area contributed by atoms with E-state index >= 15 is 0 Å². The van der Waals surface area contributed by atoms with Crippen LogP contribution in [-0.4, -0.2) is 46.3 Å². The Kier molecular flexibility index (Phi) is 2.04. The largest absolute Gasteiger partial charge is 0.480 e. The molecule has 0 spiro atoms. The fourth-order valence-corrected chi connectivity index (χ4v) is 2.37. The highest BCUT2D eigenvalue weighted by Crippen LogP contribution is 2.40. The first-order valence-electron chi connectivity index (χ1n) is 4.74. The number of nitrogens with zero attached hydrogens (tertiary/aromatic N) is 1. The standard InChI is InChI=1S/C9H15NO3/c1-5(9(12)13)10-3-6-2-7(4-10)8(6)11/h5-8,11H,2-4H2,1H3,(H,12,13)/t5-,6-,7+,8?/m0/s1. The molecule has 2 aliphatic heterocycles. The number of rotatable bonds is 2. The van der Waals surface area contributed by atoms with Gasteiger partial charge in [0.05, 0.1) is 6.10 Å². The van der Waals surface area contributed by atoms with Gasteiger partial charge in [-0.1, -0.05) is 0 Å². The van der Waals surface area contributed by atoms with Gasteiger partial charge in [-0.25, -0.2) is 0 Å². The second kappa shape index (κ2) is 2.96. The van der Waals surface area contributed by atoms with Gasteiger partial charge in [-0.3, -0.25) is 9.69 Å². The third-order valence-corrected chi connectivity index (χ3v) is 3.41. The molecule has 0 aromatic heterocycles. The summed E-state index contributed by atoms with van der Waals surface area (Å²) in [5.74, 6) is -0.128. The van der Waals surface area contributed by atoms with Gasteiger partial charge in [-0.05, 0) is 25.2 Å². The molecule has 1 aliphatic carbocycles. The SMILES string of the molecule is C[C@@H](C(=O)O)N1C[C@H]2C[C@@H](C1)C2O.